The van der Waals surface area contributed by atoms with Crippen LogP contribution in [0.15, 0.2) is 113 Å². The minimum atomic E-state index is -0.703. The molecule has 0 fully saturated rings. The van der Waals surface area contributed by atoms with Gasteiger partial charge >= 0.3 is 0 Å². The summed E-state index contributed by atoms with van der Waals surface area (Å²) in [6.45, 7) is 6.90. The molecule has 0 bridgehead atoms. The number of rotatable bonds is 13. The van der Waals surface area contributed by atoms with Crippen molar-refractivity contribution in [2.75, 3.05) is 37.9 Å². The second-order valence-electron chi connectivity index (χ2n) is 12.0. The number of methoxy groups -OCH3 is 2. The SMILES string of the molecule is CCN(CCc1ccc(NC(=O)c2cc(OC)c(OC)cc2NC(=O)c2cc(=O)c3ccccc3o2)cc1)Cc1cc(-n2ccnc2)ccc1C. The van der Waals surface area contributed by atoms with Crippen molar-refractivity contribution in [3.05, 3.63) is 142 Å². The number of anilines is 2. The third kappa shape index (κ3) is 8.00. The van der Waals surface area contributed by atoms with Gasteiger partial charge in [-0.3, -0.25) is 19.3 Å². The van der Waals surface area contributed by atoms with Crippen LogP contribution < -0.4 is 25.5 Å². The van der Waals surface area contributed by atoms with Crippen LogP contribution in [0.4, 0.5) is 11.4 Å². The van der Waals surface area contributed by atoms with Gasteiger partial charge in [-0.2, -0.15) is 0 Å². The number of aryl methyl sites for hydroxylation is 1. The van der Waals surface area contributed by atoms with Gasteiger partial charge in [0.15, 0.2) is 22.7 Å². The van der Waals surface area contributed by atoms with Crippen LogP contribution in [-0.4, -0.2) is 53.6 Å². The maximum Gasteiger partial charge on any atom is 0.291 e. The number of carbonyl (C=O) groups excluding carboxylic acids is 2. The highest BCUT2D eigenvalue weighted by Gasteiger charge is 2.21. The number of hydrogen-bond acceptors (Lipinski definition) is 8. The standard InChI is InChI=1S/C40H39N5O6/c1-5-44(24-28-20-30(15-10-26(28)2)45-19-17-41-25-45)18-16-27-11-13-29(14-12-27)42-39(47)32-21-36(49-3)37(50-4)22-33(32)43-40(48)38-23-34(46)31-8-6-7-9-35(31)51-38/h6-15,17,19-23,25H,5,16,18,24H2,1-4H3,(H,42,47)(H,43,48). The van der Waals surface area contributed by atoms with Gasteiger partial charge in [0.25, 0.3) is 11.8 Å². The van der Waals surface area contributed by atoms with E-state index in [0.29, 0.717) is 22.6 Å². The first-order chi connectivity index (χ1) is 24.8. The van der Waals surface area contributed by atoms with E-state index in [1.165, 1.54) is 37.5 Å². The molecule has 0 saturated carbocycles. The number of para-hydroxylation sites is 1. The van der Waals surface area contributed by atoms with E-state index >= 15 is 0 Å². The Morgan fingerprint density at radius 2 is 1.67 bits per heavy atom. The van der Waals surface area contributed by atoms with E-state index < -0.39 is 11.8 Å². The number of nitrogens with one attached hydrogen (secondary N) is 2. The maximum absolute atomic E-state index is 13.6. The Labute approximate surface area is 295 Å². The molecule has 0 spiro atoms. The molecule has 0 aliphatic heterocycles. The third-order valence-electron chi connectivity index (χ3n) is 8.78. The highest BCUT2D eigenvalue weighted by molar-refractivity contribution is 6.12. The summed E-state index contributed by atoms with van der Waals surface area (Å²) in [7, 11) is 2.91. The predicted octanol–water partition coefficient (Wildman–Crippen LogP) is 6.87. The Hall–Kier alpha value is -6.20. The van der Waals surface area contributed by atoms with Crippen LogP contribution in [0.5, 0.6) is 11.5 Å². The molecule has 11 heteroatoms. The molecule has 0 atom stereocenters. The summed E-state index contributed by atoms with van der Waals surface area (Å²) < 4.78 is 18.6. The number of hydrogen-bond donors (Lipinski definition) is 2. The van der Waals surface area contributed by atoms with Crippen molar-refractivity contribution >= 4 is 34.2 Å². The lowest BCUT2D eigenvalue weighted by Crippen LogP contribution is -2.25. The summed E-state index contributed by atoms with van der Waals surface area (Å²) in [4.78, 5) is 46.1. The van der Waals surface area contributed by atoms with Gasteiger partial charge in [-0.25, -0.2) is 4.98 Å². The first kappa shape index (κ1) is 34.7. The first-order valence-electron chi connectivity index (χ1n) is 16.6. The van der Waals surface area contributed by atoms with Gasteiger partial charge in [0.1, 0.15) is 5.58 Å². The average Bonchev–Trinajstić information content (AvgIpc) is 3.70. The normalized spacial score (nSPS) is 11.1. The fourth-order valence-corrected chi connectivity index (χ4v) is 5.80. The van der Waals surface area contributed by atoms with E-state index in [-0.39, 0.29) is 28.0 Å². The summed E-state index contributed by atoms with van der Waals surface area (Å²) in [5, 5.41) is 5.98. The summed E-state index contributed by atoms with van der Waals surface area (Å²) in [6, 6.07) is 24.9. The fraction of sp³-hybridized carbons (Fsp3) is 0.200. The maximum atomic E-state index is 13.6. The fourth-order valence-electron chi connectivity index (χ4n) is 5.80. The van der Waals surface area contributed by atoms with Crippen LogP contribution in [0.1, 0.15) is 44.5 Å². The number of imidazole rings is 1. The van der Waals surface area contributed by atoms with Gasteiger partial charge in [0, 0.05) is 49.0 Å². The molecule has 0 aliphatic rings. The number of benzene rings is 4. The molecule has 2 amide bonds. The van der Waals surface area contributed by atoms with Gasteiger partial charge in [0.05, 0.1) is 37.2 Å². The van der Waals surface area contributed by atoms with E-state index in [0.717, 1.165) is 43.4 Å². The number of carbonyl (C=O) groups is 2. The summed E-state index contributed by atoms with van der Waals surface area (Å²) in [5.74, 6) is -0.779. The van der Waals surface area contributed by atoms with E-state index in [1.807, 2.05) is 35.0 Å². The minimum absolute atomic E-state index is 0.124. The van der Waals surface area contributed by atoms with Gasteiger partial charge in [-0.1, -0.05) is 37.3 Å². The second kappa shape index (κ2) is 15.6. The average molecular weight is 686 g/mol. The lowest BCUT2D eigenvalue weighted by atomic mass is 10.1. The molecule has 0 radical (unpaired) electrons. The van der Waals surface area contributed by atoms with Crippen molar-refractivity contribution in [1.29, 1.82) is 0 Å². The zero-order chi connectivity index (χ0) is 35.9. The molecular weight excluding hydrogens is 646 g/mol. The molecule has 51 heavy (non-hydrogen) atoms. The third-order valence-corrected chi connectivity index (χ3v) is 8.78. The van der Waals surface area contributed by atoms with Crippen LogP contribution in [-0.2, 0) is 13.0 Å². The summed E-state index contributed by atoms with van der Waals surface area (Å²) >= 11 is 0. The molecule has 11 nitrogen and oxygen atoms in total. The minimum Gasteiger partial charge on any atom is -0.493 e. The van der Waals surface area contributed by atoms with Crippen LogP contribution in [0.2, 0.25) is 0 Å². The first-order valence-corrected chi connectivity index (χ1v) is 16.6. The molecule has 6 aromatic rings. The van der Waals surface area contributed by atoms with Crippen LogP contribution in [0.3, 0.4) is 0 Å². The highest BCUT2D eigenvalue weighted by atomic mass is 16.5. The van der Waals surface area contributed by atoms with E-state index in [4.69, 9.17) is 13.9 Å². The monoisotopic (exact) mass is 685 g/mol. The molecule has 260 valence electrons. The Balaban J connectivity index is 1.14. The summed E-state index contributed by atoms with van der Waals surface area (Å²) in [6.07, 6.45) is 6.35. The molecule has 4 aromatic carbocycles. The van der Waals surface area contributed by atoms with Crippen molar-refractivity contribution in [1.82, 2.24) is 14.5 Å². The van der Waals surface area contributed by atoms with Crippen molar-refractivity contribution in [3.63, 3.8) is 0 Å². The molecule has 2 heterocycles. The number of nitrogens with zero attached hydrogens (tertiary/aromatic N) is 3. The molecule has 2 N–H and O–H groups in total. The smallest absolute Gasteiger partial charge is 0.291 e. The number of likely N-dealkylation sites (N-methyl/N-ethyl adjacent to an activating group) is 1. The zero-order valence-electron chi connectivity index (χ0n) is 28.9. The van der Waals surface area contributed by atoms with E-state index in [9.17, 15) is 14.4 Å². The van der Waals surface area contributed by atoms with Gasteiger partial charge < -0.3 is 29.1 Å². The van der Waals surface area contributed by atoms with Gasteiger partial charge in [-0.05, 0) is 79.0 Å². The van der Waals surface area contributed by atoms with E-state index in [2.05, 4.69) is 52.6 Å². The quantitative estimate of drug-likeness (QED) is 0.135. The van der Waals surface area contributed by atoms with Gasteiger partial charge in [0.2, 0.25) is 0 Å². The topological polar surface area (TPSA) is 128 Å². The summed E-state index contributed by atoms with van der Waals surface area (Å²) in [5.41, 5.74) is 5.50. The molecular formula is C40H39N5O6. The molecule has 0 aliphatic carbocycles. The Morgan fingerprint density at radius 3 is 2.39 bits per heavy atom. The lowest BCUT2D eigenvalue weighted by Gasteiger charge is -2.22. The zero-order valence-corrected chi connectivity index (χ0v) is 28.9. The Kier molecular flexibility index (Phi) is 10.6. The van der Waals surface area contributed by atoms with Gasteiger partial charge in [-0.15, -0.1) is 0 Å². The Bertz CT molecular complexity index is 2230. The predicted molar refractivity (Wildman–Crippen MR) is 197 cm³/mol. The lowest BCUT2D eigenvalue weighted by molar-refractivity contribution is 0.0997. The van der Waals surface area contributed by atoms with Crippen LogP contribution >= 0.6 is 0 Å². The number of amides is 2. The molecule has 0 saturated heterocycles. The van der Waals surface area contributed by atoms with Crippen LogP contribution in [0.25, 0.3) is 16.7 Å². The number of ether oxygens (including phenoxy) is 2. The molecule has 6 rings (SSSR count). The molecule has 2 aromatic heterocycles. The largest absolute Gasteiger partial charge is 0.493 e. The van der Waals surface area contributed by atoms with Crippen molar-refractivity contribution in [2.24, 2.45) is 0 Å². The number of fused-ring (bicyclic) bond motifs is 1. The Morgan fingerprint density at radius 1 is 0.902 bits per heavy atom. The van der Waals surface area contributed by atoms with Crippen molar-refractivity contribution in [3.8, 4) is 17.2 Å². The van der Waals surface area contributed by atoms with Crippen molar-refractivity contribution in [2.45, 2.75) is 26.8 Å². The van der Waals surface area contributed by atoms with Crippen molar-refractivity contribution < 1.29 is 23.5 Å². The van der Waals surface area contributed by atoms with E-state index in [1.54, 1.807) is 36.8 Å². The second-order valence-corrected chi connectivity index (χ2v) is 12.0. The molecule has 0 unspecified atom stereocenters. The highest BCUT2D eigenvalue weighted by Crippen LogP contribution is 2.34. The van der Waals surface area contributed by atoms with Crippen LogP contribution in [0, 0.1) is 6.92 Å². The number of aromatic nitrogens is 2.